The molecule has 1 nitrogen and oxygen atoms in total. The third-order valence-electron chi connectivity index (χ3n) is 3.80. The van der Waals surface area contributed by atoms with Crippen LogP contribution in [0.1, 0.15) is 43.4 Å². The predicted molar refractivity (Wildman–Crippen MR) is 69.7 cm³/mol. The summed E-state index contributed by atoms with van der Waals surface area (Å²) in [7, 11) is 0. The van der Waals surface area contributed by atoms with E-state index in [1.165, 1.54) is 31.4 Å². The van der Waals surface area contributed by atoms with Crippen LogP contribution < -0.4 is 0 Å². The minimum absolute atomic E-state index is 0.708. The first kappa shape index (κ1) is 11.7. The van der Waals surface area contributed by atoms with E-state index in [0.29, 0.717) is 6.04 Å². The van der Waals surface area contributed by atoms with Gasteiger partial charge in [0.2, 0.25) is 0 Å². The normalized spacial score (nSPS) is 20.8. The Labute approximate surface area is 99.5 Å². The van der Waals surface area contributed by atoms with Crippen LogP contribution in [0.15, 0.2) is 18.2 Å². The lowest BCUT2D eigenvalue weighted by molar-refractivity contribution is 0.181. The van der Waals surface area contributed by atoms with Crippen LogP contribution in [-0.4, -0.2) is 17.5 Å². The second-order valence-corrected chi connectivity index (χ2v) is 5.09. The molecule has 0 aliphatic carbocycles. The Balaban J connectivity index is 2.15. The summed E-state index contributed by atoms with van der Waals surface area (Å²) in [5, 5.41) is 0. The minimum Gasteiger partial charge on any atom is -0.296 e. The van der Waals surface area contributed by atoms with Crippen molar-refractivity contribution in [2.45, 2.75) is 52.6 Å². The van der Waals surface area contributed by atoms with Crippen molar-refractivity contribution < 1.29 is 0 Å². The van der Waals surface area contributed by atoms with Gasteiger partial charge in [0.25, 0.3) is 0 Å². The van der Waals surface area contributed by atoms with Gasteiger partial charge in [-0.2, -0.15) is 0 Å². The summed E-state index contributed by atoms with van der Waals surface area (Å²) in [5.41, 5.74) is 4.62. The molecule has 1 atom stereocenters. The largest absolute Gasteiger partial charge is 0.296 e. The van der Waals surface area contributed by atoms with Gasteiger partial charge in [0.05, 0.1) is 0 Å². The summed E-state index contributed by atoms with van der Waals surface area (Å²) in [6.45, 7) is 9.29. The number of benzene rings is 1. The number of hydrogen-bond donors (Lipinski definition) is 0. The van der Waals surface area contributed by atoms with Gasteiger partial charge in [-0.15, -0.1) is 0 Å². The predicted octanol–water partition coefficient (Wildman–Crippen LogP) is 3.54. The Morgan fingerprint density at radius 1 is 1.38 bits per heavy atom. The molecule has 2 rings (SSSR count). The summed E-state index contributed by atoms with van der Waals surface area (Å²) in [6, 6.07) is 7.45. The van der Waals surface area contributed by atoms with E-state index >= 15 is 0 Å². The molecule has 0 saturated heterocycles. The van der Waals surface area contributed by atoms with E-state index in [2.05, 4.69) is 43.9 Å². The topological polar surface area (TPSA) is 3.24 Å². The van der Waals surface area contributed by atoms with Crippen molar-refractivity contribution in [3.05, 3.63) is 34.9 Å². The van der Waals surface area contributed by atoms with Crippen LogP contribution in [0.3, 0.4) is 0 Å². The van der Waals surface area contributed by atoms with E-state index in [0.717, 1.165) is 6.54 Å². The average molecular weight is 217 g/mol. The lowest BCUT2D eigenvalue weighted by Gasteiger charge is -2.35. The van der Waals surface area contributed by atoms with Crippen molar-refractivity contribution in [1.29, 1.82) is 0 Å². The highest BCUT2D eigenvalue weighted by Crippen LogP contribution is 2.25. The second kappa shape index (κ2) is 5.01. The Hall–Kier alpha value is -0.820. The fraction of sp³-hybridized carbons (Fsp3) is 0.600. The van der Waals surface area contributed by atoms with Crippen molar-refractivity contribution in [1.82, 2.24) is 4.90 Å². The monoisotopic (exact) mass is 217 g/mol. The van der Waals surface area contributed by atoms with Crippen molar-refractivity contribution in [2.24, 2.45) is 0 Å². The highest BCUT2D eigenvalue weighted by molar-refractivity contribution is 5.36. The lowest BCUT2D eigenvalue weighted by Crippen LogP contribution is -2.39. The third kappa shape index (κ3) is 2.30. The van der Waals surface area contributed by atoms with Gasteiger partial charge in [0, 0.05) is 12.6 Å². The first-order valence-electron chi connectivity index (χ1n) is 6.53. The van der Waals surface area contributed by atoms with Gasteiger partial charge in [0.1, 0.15) is 0 Å². The van der Waals surface area contributed by atoms with Crippen molar-refractivity contribution in [3.8, 4) is 0 Å². The minimum atomic E-state index is 0.708. The molecule has 0 amide bonds. The summed E-state index contributed by atoms with van der Waals surface area (Å²) in [5.74, 6) is 0. The maximum atomic E-state index is 2.63. The zero-order valence-corrected chi connectivity index (χ0v) is 10.8. The van der Waals surface area contributed by atoms with E-state index in [-0.39, 0.29) is 0 Å². The van der Waals surface area contributed by atoms with Gasteiger partial charge >= 0.3 is 0 Å². The Morgan fingerprint density at radius 3 is 2.94 bits per heavy atom. The summed E-state index contributed by atoms with van der Waals surface area (Å²) < 4.78 is 0. The van der Waals surface area contributed by atoms with E-state index < -0.39 is 0 Å². The quantitative estimate of drug-likeness (QED) is 0.748. The van der Waals surface area contributed by atoms with Gasteiger partial charge in [-0.05, 0) is 49.9 Å². The molecule has 16 heavy (non-hydrogen) atoms. The van der Waals surface area contributed by atoms with Gasteiger partial charge < -0.3 is 0 Å². The van der Waals surface area contributed by atoms with Crippen molar-refractivity contribution in [3.63, 3.8) is 0 Å². The molecular formula is C15H23N. The number of fused-ring (bicyclic) bond motifs is 1. The van der Waals surface area contributed by atoms with Crippen LogP contribution in [0.5, 0.6) is 0 Å². The van der Waals surface area contributed by atoms with Crippen molar-refractivity contribution in [2.75, 3.05) is 6.54 Å². The second-order valence-electron chi connectivity index (χ2n) is 5.09. The van der Waals surface area contributed by atoms with Gasteiger partial charge in [-0.3, -0.25) is 4.90 Å². The summed E-state index contributed by atoms with van der Waals surface area (Å²) in [4.78, 5) is 2.63. The molecular weight excluding hydrogens is 194 g/mol. The first-order valence-corrected chi connectivity index (χ1v) is 6.53. The zero-order valence-electron chi connectivity index (χ0n) is 10.8. The van der Waals surface area contributed by atoms with Gasteiger partial charge in [-0.1, -0.05) is 31.5 Å². The van der Waals surface area contributed by atoms with E-state index in [1.807, 2.05) is 0 Å². The maximum Gasteiger partial charge on any atom is 0.0239 e. The molecule has 0 spiro atoms. The van der Waals surface area contributed by atoms with Crippen LogP contribution in [0.2, 0.25) is 0 Å². The standard InChI is InChI=1S/C15H23N/c1-4-5-9-16-11-14-8-6-7-12(2)15(14)10-13(16)3/h6-8,13H,4-5,9-11H2,1-3H3. The van der Waals surface area contributed by atoms with Gasteiger partial charge in [0.15, 0.2) is 0 Å². The number of aryl methyl sites for hydroxylation is 1. The molecule has 1 aliphatic rings. The first-order chi connectivity index (χ1) is 7.72. The summed E-state index contributed by atoms with van der Waals surface area (Å²) in [6.07, 6.45) is 3.85. The van der Waals surface area contributed by atoms with Crippen molar-refractivity contribution >= 4 is 0 Å². The Kier molecular flexibility index (Phi) is 3.65. The smallest absolute Gasteiger partial charge is 0.0239 e. The van der Waals surface area contributed by atoms with Crippen LogP contribution >= 0.6 is 0 Å². The van der Waals surface area contributed by atoms with Crippen LogP contribution in [0, 0.1) is 6.92 Å². The zero-order chi connectivity index (χ0) is 11.5. The lowest BCUT2D eigenvalue weighted by atomic mass is 9.91. The highest BCUT2D eigenvalue weighted by atomic mass is 15.2. The Morgan fingerprint density at radius 2 is 2.19 bits per heavy atom. The number of nitrogens with zero attached hydrogens (tertiary/aromatic N) is 1. The highest BCUT2D eigenvalue weighted by Gasteiger charge is 2.22. The number of rotatable bonds is 3. The molecule has 88 valence electrons. The third-order valence-corrected chi connectivity index (χ3v) is 3.80. The van der Waals surface area contributed by atoms with Gasteiger partial charge in [-0.25, -0.2) is 0 Å². The fourth-order valence-electron chi connectivity index (χ4n) is 2.66. The molecule has 0 aromatic heterocycles. The van der Waals surface area contributed by atoms with Crippen LogP contribution in [0.25, 0.3) is 0 Å². The molecule has 0 bridgehead atoms. The number of hydrogen-bond acceptors (Lipinski definition) is 1. The molecule has 0 radical (unpaired) electrons. The molecule has 1 aromatic rings. The molecule has 1 unspecified atom stereocenters. The summed E-state index contributed by atoms with van der Waals surface area (Å²) >= 11 is 0. The van der Waals surface area contributed by atoms with Crippen LogP contribution in [-0.2, 0) is 13.0 Å². The molecule has 1 aromatic carbocycles. The Bertz CT molecular complexity index is 356. The average Bonchev–Trinajstić information content (AvgIpc) is 2.28. The molecule has 0 fully saturated rings. The molecule has 1 aliphatic heterocycles. The SMILES string of the molecule is CCCCN1Cc2cccc(C)c2CC1C. The van der Waals surface area contributed by atoms with E-state index in [1.54, 1.807) is 11.1 Å². The molecule has 1 heteroatoms. The van der Waals surface area contributed by atoms with E-state index in [9.17, 15) is 0 Å². The maximum absolute atomic E-state index is 2.63. The molecule has 1 heterocycles. The number of unbranched alkanes of at least 4 members (excludes halogenated alkanes) is 1. The molecule has 0 saturated carbocycles. The van der Waals surface area contributed by atoms with E-state index in [4.69, 9.17) is 0 Å². The molecule has 0 N–H and O–H groups in total. The van der Waals surface area contributed by atoms with Crippen LogP contribution in [0.4, 0.5) is 0 Å². The fourth-order valence-corrected chi connectivity index (χ4v) is 2.66.